The number of hydrogen-bond donors (Lipinski definition) is 2. The molecule has 0 spiro atoms. The van der Waals surface area contributed by atoms with Crippen LogP contribution in [0.15, 0.2) is 41.5 Å². The number of rotatable bonds is 3. The van der Waals surface area contributed by atoms with Crippen molar-refractivity contribution in [1.29, 1.82) is 5.26 Å². The van der Waals surface area contributed by atoms with Crippen LogP contribution in [0.4, 0.5) is 5.82 Å². The Morgan fingerprint density at radius 2 is 1.88 bits per heavy atom. The first kappa shape index (κ1) is 16.1. The highest BCUT2D eigenvalue weighted by Gasteiger charge is 2.28. The molecule has 26 heavy (non-hydrogen) atoms. The number of nitrogens with one attached hydrogen (secondary N) is 1. The van der Waals surface area contributed by atoms with Gasteiger partial charge in [-0.25, -0.2) is 14.8 Å². The number of nitriles is 1. The number of imidazole rings is 1. The number of para-hydroxylation sites is 1. The second-order valence-corrected chi connectivity index (χ2v) is 6.52. The molecule has 0 aliphatic heterocycles. The van der Waals surface area contributed by atoms with Crippen LogP contribution in [-0.2, 0) is 0 Å². The quantitative estimate of drug-likeness (QED) is 0.549. The number of aromatic nitrogens is 4. The van der Waals surface area contributed by atoms with Crippen LogP contribution in [0.25, 0.3) is 16.9 Å². The van der Waals surface area contributed by atoms with Crippen molar-refractivity contribution in [2.45, 2.75) is 37.8 Å². The average Bonchev–Trinajstić information content (AvgIpc) is 2.97. The van der Waals surface area contributed by atoms with Crippen LogP contribution in [0.2, 0.25) is 0 Å². The molecule has 4 rings (SSSR count). The van der Waals surface area contributed by atoms with Gasteiger partial charge >= 0.3 is 5.69 Å². The summed E-state index contributed by atoms with van der Waals surface area (Å²) >= 11 is 0. The number of benzene rings is 1. The van der Waals surface area contributed by atoms with Gasteiger partial charge in [0, 0.05) is 12.1 Å². The molecule has 0 saturated heterocycles. The van der Waals surface area contributed by atoms with Gasteiger partial charge in [-0.3, -0.25) is 9.13 Å². The highest BCUT2D eigenvalue weighted by atomic mass is 16.1. The summed E-state index contributed by atoms with van der Waals surface area (Å²) in [6, 6.07) is 9.59. The van der Waals surface area contributed by atoms with Crippen molar-refractivity contribution in [3.8, 4) is 11.9 Å². The van der Waals surface area contributed by atoms with Gasteiger partial charge in [-0.1, -0.05) is 18.2 Å². The Morgan fingerprint density at radius 3 is 2.58 bits per heavy atom. The summed E-state index contributed by atoms with van der Waals surface area (Å²) in [5, 5.41) is 11.6. The van der Waals surface area contributed by atoms with Gasteiger partial charge in [-0.2, -0.15) is 5.26 Å². The molecule has 132 valence electrons. The first-order valence-electron chi connectivity index (χ1n) is 8.64. The van der Waals surface area contributed by atoms with Crippen LogP contribution < -0.4 is 16.7 Å². The van der Waals surface area contributed by atoms with E-state index in [4.69, 9.17) is 11.0 Å². The van der Waals surface area contributed by atoms with Crippen LogP contribution in [0.3, 0.4) is 0 Å². The molecule has 1 aromatic carbocycles. The molecule has 8 heteroatoms. The monoisotopic (exact) mass is 349 g/mol. The van der Waals surface area contributed by atoms with Gasteiger partial charge in [0.2, 0.25) is 0 Å². The predicted molar refractivity (Wildman–Crippen MR) is 97.6 cm³/mol. The second-order valence-electron chi connectivity index (χ2n) is 6.52. The third-order valence-electron chi connectivity index (χ3n) is 5.03. The zero-order valence-corrected chi connectivity index (χ0v) is 14.2. The number of fused-ring (bicyclic) bond motifs is 1. The minimum absolute atomic E-state index is 0.0287. The van der Waals surface area contributed by atoms with Gasteiger partial charge in [0.1, 0.15) is 11.8 Å². The van der Waals surface area contributed by atoms with Gasteiger partial charge in [0.25, 0.3) is 0 Å². The highest BCUT2D eigenvalue weighted by molar-refractivity contribution is 5.84. The number of hydrogen-bond acceptors (Lipinski definition) is 6. The minimum atomic E-state index is -0.157. The van der Waals surface area contributed by atoms with E-state index < -0.39 is 0 Å². The zero-order valence-electron chi connectivity index (χ0n) is 14.2. The van der Waals surface area contributed by atoms with E-state index in [1.54, 1.807) is 9.13 Å². The normalized spacial score (nSPS) is 20.0. The van der Waals surface area contributed by atoms with Crippen molar-refractivity contribution in [1.82, 2.24) is 24.4 Å². The Balaban J connectivity index is 1.85. The fourth-order valence-electron chi connectivity index (χ4n) is 3.78. The lowest BCUT2D eigenvalue weighted by Gasteiger charge is -2.28. The number of nitrogens with zero attached hydrogens (tertiary/aromatic N) is 5. The highest BCUT2D eigenvalue weighted by Crippen LogP contribution is 2.31. The van der Waals surface area contributed by atoms with Crippen molar-refractivity contribution in [2.24, 2.45) is 0 Å². The van der Waals surface area contributed by atoms with E-state index in [1.807, 2.05) is 36.5 Å². The molecule has 1 saturated carbocycles. The van der Waals surface area contributed by atoms with Crippen LogP contribution in [0, 0.1) is 11.5 Å². The second kappa shape index (κ2) is 6.52. The lowest BCUT2D eigenvalue weighted by molar-refractivity contribution is 0.306. The summed E-state index contributed by atoms with van der Waals surface area (Å²) in [6.45, 7) is 0. The zero-order chi connectivity index (χ0) is 18.1. The predicted octanol–water partition coefficient (Wildman–Crippen LogP) is 1.72. The van der Waals surface area contributed by atoms with E-state index in [9.17, 15) is 4.79 Å². The Bertz CT molecular complexity index is 1020. The first-order chi connectivity index (χ1) is 12.7. The Hall–Kier alpha value is -3.34. The lowest BCUT2D eigenvalue weighted by Crippen LogP contribution is -2.34. The smallest absolute Gasteiger partial charge is 0.335 e. The topological polar surface area (TPSA) is 115 Å². The number of nitrogen functional groups attached to an aromatic ring is 1. The van der Waals surface area contributed by atoms with Gasteiger partial charge in [0.05, 0.1) is 5.69 Å². The summed E-state index contributed by atoms with van der Waals surface area (Å²) in [7, 11) is 0. The van der Waals surface area contributed by atoms with E-state index >= 15 is 0 Å². The van der Waals surface area contributed by atoms with Gasteiger partial charge < -0.3 is 11.1 Å². The summed E-state index contributed by atoms with van der Waals surface area (Å²) in [5.74, 6) is 0.287. The molecule has 0 radical (unpaired) electrons. The van der Waals surface area contributed by atoms with Crippen LogP contribution in [0.5, 0.6) is 0 Å². The molecular formula is C18H19N7O. The van der Waals surface area contributed by atoms with E-state index in [-0.39, 0.29) is 23.6 Å². The summed E-state index contributed by atoms with van der Waals surface area (Å²) in [6.07, 6.45) is 6.68. The molecule has 2 heterocycles. The molecule has 3 aromatic rings. The van der Waals surface area contributed by atoms with Gasteiger partial charge in [-0.15, -0.1) is 0 Å². The van der Waals surface area contributed by atoms with E-state index in [1.165, 1.54) is 6.33 Å². The maximum absolute atomic E-state index is 13.3. The Kier molecular flexibility index (Phi) is 4.05. The molecule has 1 aliphatic carbocycles. The molecule has 0 unspecified atom stereocenters. The maximum Gasteiger partial charge on any atom is 0.335 e. The lowest BCUT2D eigenvalue weighted by atomic mass is 9.91. The number of anilines is 1. The minimum Gasteiger partial charge on any atom is -0.382 e. The maximum atomic E-state index is 13.3. The fraction of sp³-hybridized carbons (Fsp3) is 0.333. The molecular weight excluding hydrogens is 330 g/mol. The van der Waals surface area contributed by atoms with Crippen molar-refractivity contribution in [3.05, 3.63) is 47.1 Å². The Morgan fingerprint density at radius 1 is 1.15 bits per heavy atom. The molecule has 0 amide bonds. The largest absolute Gasteiger partial charge is 0.382 e. The van der Waals surface area contributed by atoms with Crippen LogP contribution >= 0.6 is 0 Å². The Labute approximate surface area is 149 Å². The van der Waals surface area contributed by atoms with Crippen molar-refractivity contribution in [3.63, 3.8) is 0 Å². The average molecular weight is 349 g/mol. The molecule has 8 nitrogen and oxygen atoms in total. The molecule has 1 aliphatic rings. The van der Waals surface area contributed by atoms with E-state index in [0.717, 1.165) is 31.4 Å². The molecule has 0 atom stereocenters. The van der Waals surface area contributed by atoms with Crippen molar-refractivity contribution in [2.75, 3.05) is 5.73 Å². The van der Waals surface area contributed by atoms with E-state index in [0.29, 0.717) is 11.2 Å². The summed E-state index contributed by atoms with van der Waals surface area (Å²) in [5.41, 5.74) is 7.78. The van der Waals surface area contributed by atoms with Gasteiger partial charge in [-0.05, 0) is 37.8 Å². The summed E-state index contributed by atoms with van der Waals surface area (Å²) in [4.78, 5) is 21.7. The molecule has 1 fully saturated rings. The molecule has 2 aromatic heterocycles. The van der Waals surface area contributed by atoms with E-state index in [2.05, 4.69) is 15.3 Å². The summed E-state index contributed by atoms with van der Waals surface area (Å²) < 4.78 is 3.33. The number of nitrogens with two attached hydrogens (primary N) is 1. The molecule has 3 N–H and O–H groups in total. The van der Waals surface area contributed by atoms with Crippen molar-refractivity contribution < 1.29 is 0 Å². The third-order valence-corrected chi connectivity index (χ3v) is 5.03. The van der Waals surface area contributed by atoms with Crippen LogP contribution in [0.1, 0.15) is 31.7 Å². The van der Waals surface area contributed by atoms with Gasteiger partial charge in [0.15, 0.2) is 17.7 Å². The molecule has 0 bridgehead atoms. The fourth-order valence-corrected chi connectivity index (χ4v) is 3.78. The SMILES string of the molecule is N#CNC1CCC(n2c(=O)n(-c3ccccc3)c3c(N)ncnc32)CC1. The van der Waals surface area contributed by atoms with Crippen molar-refractivity contribution >= 4 is 17.0 Å². The first-order valence-corrected chi connectivity index (χ1v) is 8.64. The standard InChI is InChI=1S/C18H19N7O/c19-10-21-12-6-8-14(9-7-12)25-17-15(16(20)22-11-23-17)24(18(25)26)13-4-2-1-3-5-13/h1-5,11-12,14,21H,6-9H2,(H2,20,22,23). The van der Waals surface area contributed by atoms with Crippen LogP contribution in [-0.4, -0.2) is 25.1 Å². The third kappa shape index (κ3) is 2.58.